The van der Waals surface area contributed by atoms with Gasteiger partial charge in [0.1, 0.15) is 0 Å². The molecule has 1 unspecified atom stereocenters. The Bertz CT molecular complexity index is 327. The monoisotopic (exact) mass is 279 g/mol. The zero-order chi connectivity index (χ0) is 14.4. The van der Waals surface area contributed by atoms with E-state index < -0.39 is 0 Å². The predicted octanol–water partition coefficient (Wildman–Crippen LogP) is 1.62. The summed E-state index contributed by atoms with van der Waals surface area (Å²) >= 11 is 0. The molecule has 0 radical (unpaired) electrons. The first-order valence-corrected chi connectivity index (χ1v) is 7.93. The first-order valence-electron chi connectivity index (χ1n) is 7.93. The van der Waals surface area contributed by atoms with Gasteiger partial charge in [0, 0.05) is 57.1 Å². The fourth-order valence-electron chi connectivity index (χ4n) is 2.21. The Morgan fingerprint density at radius 1 is 1.10 bits per heavy atom. The van der Waals surface area contributed by atoms with Gasteiger partial charge in [0.25, 0.3) is 0 Å². The molecule has 0 aromatic heterocycles. The van der Waals surface area contributed by atoms with E-state index in [9.17, 15) is 0 Å². The summed E-state index contributed by atoms with van der Waals surface area (Å²) in [5.41, 5.74) is 3.18. The van der Waals surface area contributed by atoms with E-state index in [1.165, 1.54) is 12.8 Å². The van der Waals surface area contributed by atoms with Crippen molar-refractivity contribution in [3.8, 4) is 0 Å². The molecule has 1 aliphatic carbocycles. The van der Waals surface area contributed by atoms with Crippen LogP contribution >= 0.6 is 0 Å². The first kappa shape index (κ1) is 15.3. The number of nitrogens with zero attached hydrogens (tertiary/aromatic N) is 4. The van der Waals surface area contributed by atoms with Crippen LogP contribution < -0.4 is 5.43 Å². The summed E-state index contributed by atoms with van der Waals surface area (Å²) in [4.78, 5) is 2.51. The molecular formula is C15H29N5. The molecule has 20 heavy (non-hydrogen) atoms. The van der Waals surface area contributed by atoms with Crippen molar-refractivity contribution in [1.82, 2.24) is 15.3 Å². The normalized spacial score (nSPS) is 23.1. The molecule has 1 saturated carbocycles. The van der Waals surface area contributed by atoms with Gasteiger partial charge in [-0.3, -0.25) is 9.91 Å². The van der Waals surface area contributed by atoms with E-state index in [0.717, 1.165) is 32.7 Å². The molecule has 1 aliphatic heterocycles. The van der Waals surface area contributed by atoms with Gasteiger partial charge in [-0.2, -0.15) is 10.2 Å². The molecule has 5 heteroatoms. The molecular weight excluding hydrogens is 250 g/mol. The van der Waals surface area contributed by atoms with Gasteiger partial charge in [-0.1, -0.05) is 20.8 Å². The van der Waals surface area contributed by atoms with Crippen molar-refractivity contribution in [1.29, 1.82) is 0 Å². The predicted molar refractivity (Wildman–Crippen MR) is 85.2 cm³/mol. The molecule has 2 aliphatic rings. The fourth-order valence-corrected chi connectivity index (χ4v) is 2.21. The quantitative estimate of drug-likeness (QED) is 0.569. The zero-order valence-corrected chi connectivity index (χ0v) is 13.1. The summed E-state index contributed by atoms with van der Waals surface area (Å²) in [7, 11) is 0. The number of piperazine rings is 1. The van der Waals surface area contributed by atoms with E-state index in [2.05, 4.69) is 52.5 Å². The average Bonchev–Trinajstić information content (AvgIpc) is 3.22. The van der Waals surface area contributed by atoms with Crippen molar-refractivity contribution in [3.63, 3.8) is 0 Å². The highest BCUT2D eigenvalue weighted by atomic mass is 15.5. The van der Waals surface area contributed by atoms with Gasteiger partial charge in [0.05, 0.1) is 0 Å². The lowest BCUT2D eigenvalue weighted by Crippen LogP contribution is -2.45. The zero-order valence-electron chi connectivity index (χ0n) is 13.1. The van der Waals surface area contributed by atoms with E-state index in [4.69, 9.17) is 0 Å². The number of rotatable bonds is 7. The second kappa shape index (κ2) is 7.62. The van der Waals surface area contributed by atoms with Gasteiger partial charge in [0.2, 0.25) is 0 Å². The number of hydrogen-bond acceptors (Lipinski definition) is 5. The Labute approximate surface area is 123 Å². The van der Waals surface area contributed by atoms with Crippen molar-refractivity contribution in [2.45, 2.75) is 39.7 Å². The SMILES string of the molecule is CC(C)/C=N/N1CCN(CC(C)/C=N/NC2CC2)CC1. The summed E-state index contributed by atoms with van der Waals surface area (Å²) in [5.74, 6) is 1.04. The first-order chi connectivity index (χ1) is 9.63. The number of hydrogen-bond donors (Lipinski definition) is 1. The molecule has 0 amide bonds. The molecule has 2 fully saturated rings. The Hall–Kier alpha value is -1.10. The van der Waals surface area contributed by atoms with Gasteiger partial charge in [-0.15, -0.1) is 0 Å². The van der Waals surface area contributed by atoms with Crippen LogP contribution in [0.5, 0.6) is 0 Å². The smallest absolute Gasteiger partial charge is 0.0488 e. The van der Waals surface area contributed by atoms with Gasteiger partial charge in [0.15, 0.2) is 0 Å². The van der Waals surface area contributed by atoms with Crippen LogP contribution in [0.15, 0.2) is 10.2 Å². The highest BCUT2D eigenvalue weighted by Gasteiger charge is 2.20. The molecule has 0 spiro atoms. The van der Waals surface area contributed by atoms with Crippen molar-refractivity contribution >= 4 is 12.4 Å². The highest BCUT2D eigenvalue weighted by molar-refractivity contribution is 5.60. The van der Waals surface area contributed by atoms with Crippen LogP contribution in [0.3, 0.4) is 0 Å². The van der Waals surface area contributed by atoms with Crippen LogP contribution in [-0.2, 0) is 0 Å². The lowest BCUT2D eigenvalue weighted by Gasteiger charge is -2.34. The Morgan fingerprint density at radius 2 is 1.80 bits per heavy atom. The minimum atomic E-state index is 0.506. The molecule has 0 aromatic carbocycles. The molecule has 114 valence electrons. The number of hydrazone groups is 2. The summed E-state index contributed by atoms with van der Waals surface area (Å²) in [6.07, 6.45) is 6.66. The summed E-state index contributed by atoms with van der Waals surface area (Å²) in [6, 6.07) is 0.654. The lowest BCUT2D eigenvalue weighted by atomic mass is 10.2. The van der Waals surface area contributed by atoms with Gasteiger partial charge in [-0.25, -0.2) is 0 Å². The van der Waals surface area contributed by atoms with Crippen LogP contribution in [-0.4, -0.2) is 61.1 Å². The minimum absolute atomic E-state index is 0.506. The third-order valence-electron chi connectivity index (χ3n) is 3.59. The maximum atomic E-state index is 4.52. The Balaban J connectivity index is 1.61. The summed E-state index contributed by atoms with van der Waals surface area (Å²) < 4.78 is 0. The van der Waals surface area contributed by atoms with Crippen LogP contribution in [0.2, 0.25) is 0 Å². The third kappa shape index (κ3) is 5.90. The molecule has 5 nitrogen and oxygen atoms in total. The summed E-state index contributed by atoms with van der Waals surface area (Å²) in [5, 5.41) is 11.0. The molecule has 1 atom stereocenters. The third-order valence-corrected chi connectivity index (χ3v) is 3.59. The van der Waals surface area contributed by atoms with E-state index in [1.807, 2.05) is 6.21 Å². The molecule has 1 heterocycles. The van der Waals surface area contributed by atoms with E-state index in [0.29, 0.717) is 17.9 Å². The maximum absolute atomic E-state index is 4.52. The van der Waals surface area contributed by atoms with Crippen molar-refractivity contribution in [2.75, 3.05) is 32.7 Å². The average molecular weight is 279 g/mol. The standard InChI is InChI=1S/C15H29N5/c1-13(2)10-17-20-8-6-19(7-9-20)12-14(3)11-16-18-15-4-5-15/h10-11,13-15,18H,4-9,12H2,1-3H3/b16-11+,17-10+. The second-order valence-electron chi connectivity index (χ2n) is 6.42. The topological polar surface area (TPSA) is 43.2 Å². The minimum Gasteiger partial charge on any atom is -0.307 e. The van der Waals surface area contributed by atoms with Crippen molar-refractivity contribution < 1.29 is 0 Å². The number of nitrogens with one attached hydrogen (secondary N) is 1. The van der Waals surface area contributed by atoms with Crippen LogP contribution in [0, 0.1) is 11.8 Å². The van der Waals surface area contributed by atoms with E-state index in [-0.39, 0.29) is 0 Å². The summed E-state index contributed by atoms with van der Waals surface area (Å²) in [6.45, 7) is 11.9. The Kier molecular flexibility index (Phi) is 5.83. The van der Waals surface area contributed by atoms with Crippen LogP contribution in [0.25, 0.3) is 0 Å². The second-order valence-corrected chi connectivity index (χ2v) is 6.42. The fraction of sp³-hybridized carbons (Fsp3) is 0.867. The Morgan fingerprint density at radius 3 is 2.40 bits per heavy atom. The molecule has 0 aromatic rings. The molecule has 1 saturated heterocycles. The molecule has 2 rings (SSSR count). The molecule has 1 N–H and O–H groups in total. The van der Waals surface area contributed by atoms with Gasteiger partial charge >= 0.3 is 0 Å². The van der Waals surface area contributed by atoms with Crippen LogP contribution in [0.1, 0.15) is 33.6 Å². The molecule has 0 bridgehead atoms. The van der Waals surface area contributed by atoms with Crippen molar-refractivity contribution in [2.24, 2.45) is 22.0 Å². The van der Waals surface area contributed by atoms with Crippen molar-refractivity contribution in [3.05, 3.63) is 0 Å². The maximum Gasteiger partial charge on any atom is 0.0488 e. The van der Waals surface area contributed by atoms with E-state index >= 15 is 0 Å². The van der Waals surface area contributed by atoms with Crippen LogP contribution in [0.4, 0.5) is 0 Å². The highest BCUT2D eigenvalue weighted by Crippen LogP contribution is 2.18. The lowest BCUT2D eigenvalue weighted by molar-refractivity contribution is 0.131. The largest absolute Gasteiger partial charge is 0.307 e. The van der Waals surface area contributed by atoms with Gasteiger partial charge < -0.3 is 5.43 Å². The van der Waals surface area contributed by atoms with E-state index in [1.54, 1.807) is 0 Å². The van der Waals surface area contributed by atoms with Gasteiger partial charge in [-0.05, 0) is 18.8 Å².